The number of hydrogen-bond acceptors (Lipinski definition) is 4. The van der Waals surface area contributed by atoms with Crippen LogP contribution in [0.15, 0.2) is 41.3 Å². The van der Waals surface area contributed by atoms with E-state index in [0.717, 1.165) is 11.2 Å². The van der Waals surface area contributed by atoms with Gasteiger partial charge in [-0.15, -0.1) is 11.3 Å². The van der Waals surface area contributed by atoms with Gasteiger partial charge in [-0.25, -0.2) is 4.79 Å². The first-order chi connectivity index (χ1) is 9.39. The van der Waals surface area contributed by atoms with Gasteiger partial charge in [-0.2, -0.15) is 0 Å². The van der Waals surface area contributed by atoms with Gasteiger partial charge in [-0.05, 0) is 24.8 Å². The van der Waals surface area contributed by atoms with E-state index in [1.165, 1.54) is 36.5 Å². The molecule has 1 aliphatic rings. The molecular weight excluding hydrogens is 280 g/mol. The number of thiophene rings is 1. The van der Waals surface area contributed by atoms with Crippen molar-refractivity contribution in [2.45, 2.75) is 13.3 Å². The molecule has 1 aromatic heterocycles. The first-order valence-electron chi connectivity index (χ1n) is 5.73. The maximum absolute atomic E-state index is 10.8. The number of rotatable bonds is 3. The number of carboxylic acids is 2. The standard InChI is InChI=1S/C9H10O4.C5H4OS/c1-9(8(12)13)4-2-3-6(5-9)7(10)11;6-4-5-2-1-3-7-5/h2-4H,5H2,1H3,(H,10,11)(H,12,13);1-4H. The third-order valence-corrected chi connectivity index (χ3v) is 3.54. The maximum atomic E-state index is 10.8. The first-order valence-corrected chi connectivity index (χ1v) is 6.61. The predicted molar refractivity (Wildman–Crippen MR) is 74.9 cm³/mol. The minimum atomic E-state index is -1.08. The van der Waals surface area contributed by atoms with E-state index in [0.29, 0.717) is 0 Å². The smallest absolute Gasteiger partial charge is 0.331 e. The highest BCUT2D eigenvalue weighted by atomic mass is 32.1. The fourth-order valence-corrected chi connectivity index (χ4v) is 2.07. The minimum absolute atomic E-state index is 0.0359. The van der Waals surface area contributed by atoms with Crippen LogP contribution in [-0.2, 0) is 9.59 Å². The van der Waals surface area contributed by atoms with Crippen molar-refractivity contribution in [3.8, 4) is 0 Å². The third-order valence-electron chi connectivity index (χ3n) is 2.74. The Balaban J connectivity index is 0.000000240. The van der Waals surface area contributed by atoms with Gasteiger partial charge in [0.15, 0.2) is 6.29 Å². The SMILES string of the molecule is CC1(C(=O)O)C=CC=C(C(=O)O)C1.O=Cc1cccs1. The van der Waals surface area contributed by atoms with E-state index in [9.17, 15) is 14.4 Å². The van der Waals surface area contributed by atoms with Crippen LogP contribution in [0.3, 0.4) is 0 Å². The third kappa shape index (κ3) is 4.17. The molecule has 1 aromatic rings. The van der Waals surface area contributed by atoms with Crippen LogP contribution < -0.4 is 0 Å². The van der Waals surface area contributed by atoms with Gasteiger partial charge in [0, 0.05) is 5.57 Å². The van der Waals surface area contributed by atoms with Gasteiger partial charge < -0.3 is 10.2 Å². The second-order valence-electron chi connectivity index (χ2n) is 4.39. The highest BCUT2D eigenvalue weighted by Gasteiger charge is 2.34. The average molecular weight is 294 g/mol. The molecule has 6 heteroatoms. The van der Waals surface area contributed by atoms with Gasteiger partial charge in [0.05, 0.1) is 10.3 Å². The van der Waals surface area contributed by atoms with Gasteiger partial charge in [0.25, 0.3) is 0 Å². The molecule has 20 heavy (non-hydrogen) atoms. The van der Waals surface area contributed by atoms with E-state index in [2.05, 4.69) is 0 Å². The maximum Gasteiger partial charge on any atom is 0.331 e. The normalized spacial score (nSPS) is 20.4. The van der Waals surface area contributed by atoms with Crippen molar-refractivity contribution in [1.29, 1.82) is 0 Å². The molecule has 2 N–H and O–H groups in total. The molecule has 5 nitrogen and oxygen atoms in total. The molecule has 0 fully saturated rings. The van der Waals surface area contributed by atoms with Crippen molar-refractivity contribution in [2.24, 2.45) is 5.41 Å². The Labute approximate surface area is 119 Å². The lowest BCUT2D eigenvalue weighted by Gasteiger charge is -2.23. The molecule has 2 rings (SSSR count). The molecule has 1 atom stereocenters. The van der Waals surface area contributed by atoms with E-state index in [-0.39, 0.29) is 12.0 Å². The lowest BCUT2D eigenvalue weighted by atomic mass is 9.80. The van der Waals surface area contributed by atoms with E-state index in [1.807, 2.05) is 11.4 Å². The molecule has 1 unspecified atom stereocenters. The van der Waals surface area contributed by atoms with Crippen LogP contribution in [0.2, 0.25) is 0 Å². The van der Waals surface area contributed by atoms with E-state index in [4.69, 9.17) is 10.2 Å². The Kier molecular flexibility index (Phi) is 5.40. The van der Waals surface area contributed by atoms with Crippen LogP contribution in [0.4, 0.5) is 0 Å². The highest BCUT2D eigenvalue weighted by molar-refractivity contribution is 7.11. The summed E-state index contributed by atoms with van der Waals surface area (Å²) in [4.78, 5) is 32.0. The molecule has 0 aliphatic heterocycles. The topological polar surface area (TPSA) is 91.7 Å². The summed E-state index contributed by atoms with van der Waals surface area (Å²) in [7, 11) is 0. The van der Waals surface area contributed by atoms with Crippen LogP contribution in [0.1, 0.15) is 23.0 Å². The van der Waals surface area contributed by atoms with Gasteiger partial charge >= 0.3 is 11.9 Å². The highest BCUT2D eigenvalue weighted by Crippen LogP contribution is 2.31. The molecule has 0 saturated carbocycles. The summed E-state index contributed by atoms with van der Waals surface area (Å²) in [5.74, 6) is -2.06. The molecule has 0 radical (unpaired) electrons. The fraction of sp³-hybridized carbons (Fsp3) is 0.214. The second-order valence-corrected chi connectivity index (χ2v) is 5.37. The summed E-state index contributed by atoms with van der Waals surface area (Å²) in [6.45, 7) is 1.50. The van der Waals surface area contributed by atoms with Gasteiger partial charge in [0.1, 0.15) is 0 Å². The quantitative estimate of drug-likeness (QED) is 0.836. The zero-order valence-corrected chi connectivity index (χ0v) is 11.6. The molecule has 0 amide bonds. The first kappa shape index (κ1) is 15.8. The number of hydrogen-bond donors (Lipinski definition) is 2. The molecule has 106 valence electrons. The molecule has 1 aliphatic carbocycles. The molecule has 1 heterocycles. The van der Waals surface area contributed by atoms with Crippen LogP contribution in [0.5, 0.6) is 0 Å². The van der Waals surface area contributed by atoms with Gasteiger partial charge in [-0.1, -0.05) is 24.3 Å². The summed E-state index contributed by atoms with van der Waals surface area (Å²) >= 11 is 1.45. The summed E-state index contributed by atoms with van der Waals surface area (Å²) in [6, 6.07) is 3.64. The number of aldehydes is 1. The average Bonchev–Trinajstić information content (AvgIpc) is 2.92. The monoisotopic (exact) mass is 294 g/mol. The van der Waals surface area contributed by atoms with Crippen LogP contribution in [0, 0.1) is 5.41 Å². The van der Waals surface area contributed by atoms with Crippen LogP contribution in [-0.4, -0.2) is 28.4 Å². The largest absolute Gasteiger partial charge is 0.481 e. The second kappa shape index (κ2) is 6.81. The summed E-state index contributed by atoms with van der Waals surface area (Å²) in [6.07, 6.45) is 5.29. The molecule has 0 saturated heterocycles. The Morgan fingerprint density at radius 2 is 2.10 bits per heavy atom. The van der Waals surface area contributed by atoms with Gasteiger partial charge in [0.2, 0.25) is 0 Å². The molecule has 0 aromatic carbocycles. The number of allylic oxidation sites excluding steroid dienone is 2. The van der Waals surface area contributed by atoms with Crippen molar-refractivity contribution in [1.82, 2.24) is 0 Å². The molecular formula is C14H14O5S. The number of carboxylic acid groups (broad SMARTS) is 2. The summed E-state index contributed by atoms with van der Waals surface area (Å²) < 4.78 is 0. The zero-order chi connectivity index (χ0) is 15.2. The Morgan fingerprint density at radius 1 is 1.40 bits per heavy atom. The van der Waals surface area contributed by atoms with Crippen molar-refractivity contribution in [3.63, 3.8) is 0 Å². The number of carbonyl (C=O) groups is 3. The van der Waals surface area contributed by atoms with E-state index >= 15 is 0 Å². The summed E-state index contributed by atoms with van der Waals surface area (Å²) in [5, 5.41) is 19.4. The Morgan fingerprint density at radius 3 is 2.50 bits per heavy atom. The van der Waals surface area contributed by atoms with Gasteiger partial charge in [-0.3, -0.25) is 9.59 Å². The minimum Gasteiger partial charge on any atom is -0.481 e. The predicted octanol–water partition coefficient (Wildman–Crippen LogP) is 2.61. The van der Waals surface area contributed by atoms with Crippen LogP contribution >= 0.6 is 11.3 Å². The van der Waals surface area contributed by atoms with Crippen molar-refractivity contribution < 1.29 is 24.6 Å². The Bertz CT molecular complexity index is 556. The zero-order valence-electron chi connectivity index (χ0n) is 10.8. The lowest BCUT2D eigenvalue weighted by molar-refractivity contribution is -0.145. The number of aliphatic carboxylic acids is 2. The van der Waals surface area contributed by atoms with E-state index in [1.54, 1.807) is 6.07 Å². The van der Waals surface area contributed by atoms with Crippen molar-refractivity contribution in [3.05, 3.63) is 46.2 Å². The number of carbonyl (C=O) groups excluding carboxylic acids is 1. The lowest BCUT2D eigenvalue weighted by Crippen LogP contribution is -2.28. The van der Waals surface area contributed by atoms with Crippen molar-refractivity contribution in [2.75, 3.05) is 0 Å². The summed E-state index contributed by atoms with van der Waals surface area (Å²) in [5.41, 5.74) is -0.949. The van der Waals surface area contributed by atoms with Crippen LogP contribution in [0.25, 0.3) is 0 Å². The van der Waals surface area contributed by atoms with E-state index < -0.39 is 17.4 Å². The fourth-order valence-electron chi connectivity index (χ4n) is 1.54. The molecule has 0 spiro atoms. The Hall–Kier alpha value is -2.21. The molecule has 0 bridgehead atoms. The van der Waals surface area contributed by atoms with Crippen molar-refractivity contribution >= 4 is 29.6 Å².